The van der Waals surface area contributed by atoms with Gasteiger partial charge >= 0.3 is 6.18 Å². The zero-order valence-electron chi connectivity index (χ0n) is 17.5. The Kier molecular flexibility index (Phi) is 7.29. The Morgan fingerprint density at radius 3 is 2.50 bits per heavy atom. The molecule has 0 spiro atoms. The van der Waals surface area contributed by atoms with E-state index in [9.17, 15) is 22.8 Å². The number of carbonyl (C=O) groups is 2. The first-order valence-electron chi connectivity index (χ1n) is 9.71. The van der Waals surface area contributed by atoms with E-state index in [1.807, 2.05) is 24.5 Å². The maximum absolute atomic E-state index is 12.7. The van der Waals surface area contributed by atoms with E-state index in [-0.39, 0.29) is 17.2 Å². The van der Waals surface area contributed by atoms with E-state index in [2.05, 4.69) is 5.32 Å². The van der Waals surface area contributed by atoms with E-state index in [1.165, 1.54) is 12.1 Å². The van der Waals surface area contributed by atoms with Crippen LogP contribution in [0.25, 0.3) is 0 Å². The number of alkyl halides is 3. The molecule has 1 N–H and O–H groups in total. The van der Waals surface area contributed by atoms with Crippen molar-refractivity contribution in [3.8, 4) is 0 Å². The Hall–Kier alpha value is -3.20. The third-order valence-electron chi connectivity index (χ3n) is 5.00. The lowest BCUT2D eigenvalue weighted by Gasteiger charge is -2.20. The number of amides is 1. The molecule has 0 aliphatic heterocycles. The summed E-state index contributed by atoms with van der Waals surface area (Å²) in [5.74, 6) is -0.389. The number of anilines is 2. The van der Waals surface area contributed by atoms with Gasteiger partial charge in [-0.25, -0.2) is 0 Å². The Balaban J connectivity index is 1.68. The van der Waals surface area contributed by atoms with Gasteiger partial charge in [0.25, 0.3) is 5.91 Å². The fourth-order valence-corrected chi connectivity index (χ4v) is 3.65. The largest absolute Gasteiger partial charge is 0.416 e. The lowest BCUT2D eigenvalue weighted by atomic mass is 10.2. The van der Waals surface area contributed by atoms with Gasteiger partial charge in [0.05, 0.1) is 16.8 Å². The smallest absolute Gasteiger partial charge is 0.373 e. The number of nitrogens with one attached hydrogen (secondary N) is 1. The van der Waals surface area contributed by atoms with Gasteiger partial charge in [-0.1, -0.05) is 6.07 Å². The Morgan fingerprint density at radius 1 is 1.16 bits per heavy atom. The van der Waals surface area contributed by atoms with E-state index in [0.717, 1.165) is 17.0 Å². The zero-order valence-corrected chi connectivity index (χ0v) is 18.3. The maximum Gasteiger partial charge on any atom is 0.416 e. The number of hydrogen-bond donors (Lipinski definition) is 1. The summed E-state index contributed by atoms with van der Waals surface area (Å²) in [7, 11) is 1.75. The van der Waals surface area contributed by atoms with Gasteiger partial charge in [-0.05, 0) is 54.8 Å². The average molecular weight is 462 g/mol. The molecule has 5 nitrogen and oxygen atoms in total. The van der Waals surface area contributed by atoms with Gasteiger partial charge < -0.3 is 14.8 Å². The van der Waals surface area contributed by atoms with Crippen LogP contribution in [0.5, 0.6) is 0 Å². The number of aldehydes is 1. The van der Waals surface area contributed by atoms with Crippen LogP contribution in [-0.4, -0.2) is 36.6 Å². The topological polar surface area (TPSA) is 54.3 Å². The van der Waals surface area contributed by atoms with E-state index in [1.54, 1.807) is 46.6 Å². The van der Waals surface area contributed by atoms with Gasteiger partial charge in [0.1, 0.15) is 0 Å². The van der Waals surface area contributed by atoms with Crippen molar-refractivity contribution < 1.29 is 22.8 Å². The van der Waals surface area contributed by atoms with Crippen molar-refractivity contribution >= 4 is 35.3 Å². The molecule has 9 heteroatoms. The molecule has 0 saturated carbocycles. The van der Waals surface area contributed by atoms with Crippen molar-refractivity contribution in [3.63, 3.8) is 0 Å². The lowest BCUT2D eigenvalue weighted by molar-refractivity contribution is -0.137. The highest BCUT2D eigenvalue weighted by Crippen LogP contribution is 2.30. The second kappa shape index (κ2) is 9.95. The highest BCUT2D eigenvalue weighted by Gasteiger charge is 2.30. The molecule has 0 aliphatic rings. The predicted molar refractivity (Wildman–Crippen MR) is 121 cm³/mol. The zero-order chi connectivity index (χ0) is 23.3. The monoisotopic (exact) mass is 461 g/mol. The molecule has 32 heavy (non-hydrogen) atoms. The summed E-state index contributed by atoms with van der Waals surface area (Å²) in [6.45, 7) is 0.804. The van der Waals surface area contributed by atoms with Crippen molar-refractivity contribution in [1.82, 2.24) is 4.57 Å². The highest BCUT2D eigenvalue weighted by molar-refractivity contribution is 7.98. The van der Waals surface area contributed by atoms with Crippen molar-refractivity contribution in [2.75, 3.05) is 30.1 Å². The van der Waals surface area contributed by atoms with Crippen LogP contribution in [0, 0.1) is 0 Å². The van der Waals surface area contributed by atoms with E-state index in [4.69, 9.17) is 0 Å². The van der Waals surface area contributed by atoms with Gasteiger partial charge in [-0.3, -0.25) is 9.59 Å². The van der Waals surface area contributed by atoms with Crippen LogP contribution in [0.2, 0.25) is 0 Å². The van der Waals surface area contributed by atoms with E-state index < -0.39 is 11.7 Å². The van der Waals surface area contributed by atoms with Gasteiger partial charge in [-0.15, -0.1) is 11.8 Å². The minimum absolute atomic E-state index is 0.240. The first-order chi connectivity index (χ1) is 15.2. The molecule has 0 saturated heterocycles. The molecule has 0 atom stereocenters. The van der Waals surface area contributed by atoms with Crippen molar-refractivity contribution in [2.45, 2.75) is 17.6 Å². The Morgan fingerprint density at radius 2 is 1.88 bits per heavy atom. The number of likely N-dealkylation sites (N-methyl/N-ethyl adjacent to an activating group) is 1. The van der Waals surface area contributed by atoms with Crippen LogP contribution in [0.4, 0.5) is 24.5 Å². The quantitative estimate of drug-likeness (QED) is 0.359. The fourth-order valence-electron chi connectivity index (χ4n) is 3.19. The molecule has 1 amide bonds. The number of thioether (sulfide) groups is 1. The average Bonchev–Trinajstić information content (AvgIpc) is 3.20. The summed E-state index contributed by atoms with van der Waals surface area (Å²) >= 11 is 1.56. The molecule has 1 heterocycles. The molecule has 0 unspecified atom stereocenters. The van der Waals surface area contributed by atoms with Crippen molar-refractivity contribution in [1.29, 1.82) is 0 Å². The first-order valence-corrected chi connectivity index (χ1v) is 10.9. The minimum Gasteiger partial charge on any atom is -0.373 e. The summed E-state index contributed by atoms with van der Waals surface area (Å²) in [5.41, 5.74) is 1.04. The number of rotatable bonds is 8. The molecule has 2 aromatic carbocycles. The molecule has 0 radical (unpaired) electrons. The van der Waals surface area contributed by atoms with E-state index >= 15 is 0 Å². The minimum atomic E-state index is -4.38. The van der Waals surface area contributed by atoms with Gasteiger partial charge in [0.2, 0.25) is 0 Å². The standard InChI is InChI=1S/C23H22F3N3O2S/c1-28(18-8-6-16(7-9-18)23(24,25)26)12-13-29-11-10-20(21(29)15-30)22(31)27-17-4-3-5-19(14-17)32-2/h3-11,14-15H,12-13H2,1-2H3,(H,27,31). The second-order valence-corrected chi connectivity index (χ2v) is 7.96. The molecular weight excluding hydrogens is 439 g/mol. The predicted octanol–water partition coefficient (Wildman–Crippen LogP) is 5.43. The lowest BCUT2D eigenvalue weighted by Crippen LogP contribution is -2.23. The number of hydrogen-bond acceptors (Lipinski definition) is 4. The summed E-state index contributed by atoms with van der Waals surface area (Å²) in [5, 5.41) is 2.80. The molecular formula is C23H22F3N3O2S. The number of halogens is 3. The molecule has 3 rings (SSSR count). The summed E-state index contributed by atoms with van der Waals surface area (Å²) in [4.78, 5) is 27.2. The van der Waals surface area contributed by atoms with E-state index in [0.29, 0.717) is 30.8 Å². The van der Waals surface area contributed by atoms with Crippen LogP contribution in [0.3, 0.4) is 0 Å². The molecule has 1 aromatic heterocycles. The first kappa shape index (κ1) is 23.5. The molecule has 0 bridgehead atoms. The normalized spacial score (nSPS) is 11.3. The van der Waals surface area contributed by atoms with Crippen LogP contribution in [0.15, 0.2) is 65.7 Å². The molecule has 0 aliphatic carbocycles. The number of aromatic nitrogens is 1. The molecule has 0 fully saturated rings. The summed E-state index contributed by atoms with van der Waals surface area (Å²) < 4.78 is 39.9. The number of carbonyl (C=O) groups excluding carboxylic acids is 2. The molecule has 168 valence electrons. The van der Waals surface area contributed by atoms with Gasteiger partial charge in [-0.2, -0.15) is 13.2 Å². The fraction of sp³-hybridized carbons (Fsp3) is 0.217. The summed E-state index contributed by atoms with van der Waals surface area (Å²) in [6, 6.07) is 13.8. The SMILES string of the molecule is CSc1cccc(NC(=O)c2ccn(CCN(C)c3ccc(C(F)(F)F)cc3)c2C=O)c1. The summed E-state index contributed by atoms with van der Waals surface area (Å²) in [6.07, 6.45) is -0.162. The van der Waals surface area contributed by atoms with Crippen molar-refractivity contribution in [2.24, 2.45) is 0 Å². The maximum atomic E-state index is 12.7. The Bertz CT molecular complexity index is 1090. The molecule has 3 aromatic rings. The highest BCUT2D eigenvalue weighted by atomic mass is 32.2. The third kappa shape index (κ3) is 5.53. The van der Waals surface area contributed by atoms with Gasteiger partial charge in [0, 0.05) is 42.6 Å². The second-order valence-electron chi connectivity index (χ2n) is 7.08. The van der Waals surface area contributed by atoms with Crippen LogP contribution in [-0.2, 0) is 12.7 Å². The number of benzene rings is 2. The van der Waals surface area contributed by atoms with Crippen LogP contribution < -0.4 is 10.2 Å². The van der Waals surface area contributed by atoms with Crippen LogP contribution >= 0.6 is 11.8 Å². The van der Waals surface area contributed by atoms with Gasteiger partial charge in [0.15, 0.2) is 6.29 Å². The Labute approximate surface area is 188 Å². The van der Waals surface area contributed by atoms with Crippen LogP contribution in [0.1, 0.15) is 26.4 Å². The third-order valence-corrected chi connectivity index (χ3v) is 5.73. The van der Waals surface area contributed by atoms with Crippen molar-refractivity contribution in [3.05, 3.63) is 77.6 Å². The number of nitrogens with zero attached hydrogens (tertiary/aromatic N) is 2.